The van der Waals surface area contributed by atoms with Crippen LogP contribution in [0.25, 0.3) is 11.4 Å². The summed E-state index contributed by atoms with van der Waals surface area (Å²) in [6.45, 7) is 1.79. The average Bonchev–Trinajstić information content (AvgIpc) is 2.79. The number of aromatic nitrogens is 2. The van der Waals surface area contributed by atoms with Gasteiger partial charge in [0.1, 0.15) is 5.75 Å². The van der Waals surface area contributed by atoms with E-state index in [9.17, 15) is 0 Å². The Hall–Kier alpha value is -2.22. The molecule has 31 heavy (non-hydrogen) atoms. The molecule has 1 saturated heterocycles. The molecule has 0 aliphatic carbocycles. The maximum absolute atomic E-state index is 5.59. The minimum Gasteiger partial charge on any atom is -0.496 e. The maximum Gasteiger partial charge on any atom is 0.159 e. The second-order valence-electron chi connectivity index (χ2n) is 7.07. The van der Waals surface area contributed by atoms with Gasteiger partial charge in [0.25, 0.3) is 0 Å². The lowest BCUT2D eigenvalue weighted by molar-refractivity contribution is 0.303. The minimum absolute atomic E-state index is 0. The molecule has 0 bridgehead atoms. The quantitative estimate of drug-likeness (QED) is 0.579. The molecule has 1 aliphatic rings. The highest BCUT2D eigenvalue weighted by Gasteiger charge is 2.25. The molecular formula is C23H30Cl2N4O2. The predicted molar refractivity (Wildman–Crippen MR) is 129 cm³/mol. The molecule has 1 fully saturated rings. The van der Waals surface area contributed by atoms with E-state index in [0.29, 0.717) is 12.1 Å². The Morgan fingerprint density at radius 1 is 1.03 bits per heavy atom. The highest BCUT2D eigenvalue weighted by molar-refractivity contribution is 5.85. The molecule has 1 aliphatic heterocycles. The molecule has 168 valence electrons. The van der Waals surface area contributed by atoms with Crippen molar-refractivity contribution in [1.82, 2.24) is 20.6 Å². The fourth-order valence-electron chi connectivity index (χ4n) is 3.86. The molecule has 2 unspecified atom stereocenters. The maximum atomic E-state index is 5.59. The summed E-state index contributed by atoms with van der Waals surface area (Å²) in [7, 11) is 1.71. The molecular weight excluding hydrogens is 435 g/mol. The van der Waals surface area contributed by atoms with E-state index in [1.165, 1.54) is 12.0 Å². The highest BCUT2D eigenvalue weighted by Crippen LogP contribution is 2.27. The van der Waals surface area contributed by atoms with Gasteiger partial charge in [0.05, 0.1) is 7.11 Å². The molecule has 3 aromatic rings. The number of ether oxygens (including phenoxy) is 1. The first-order valence-electron chi connectivity index (χ1n) is 9.81. The van der Waals surface area contributed by atoms with Crippen LogP contribution in [-0.4, -0.2) is 35.1 Å². The van der Waals surface area contributed by atoms with E-state index >= 15 is 0 Å². The van der Waals surface area contributed by atoms with Crippen molar-refractivity contribution in [2.24, 2.45) is 0 Å². The van der Waals surface area contributed by atoms with Crippen molar-refractivity contribution in [2.45, 2.75) is 31.5 Å². The first-order chi connectivity index (χ1) is 13.8. The zero-order chi connectivity index (χ0) is 19.2. The number of nitrogens with one attached hydrogen (secondary N) is 2. The molecule has 2 aromatic carbocycles. The van der Waals surface area contributed by atoms with E-state index in [4.69, 9.17) is 4.74 Å². The van der Waals surface area contributed by atoms with Gasteiger partial charge in [-0.25, -0.2) is 9.97 Å². The van der Waals surface area contributed by atoms with Gasteiger partial charge >= 0.3 is 0 Å². The van der Waals surface area contributed by atoms with E-state index in [-0.39, 0.29) is 30.3 Å². The first-order valence-corrected chi connectivity index (χ1v) is 9.81. The third kappa shape index (κ3) is 6.63. The summed E-state index contributed by atoms with van der Waals surface area (Å²) in [5.41, 5.74) is 3.45. The standard InChI is InChI=1S/C23H26N4O.2ClH.H2O/c1-28-21-11-10-18(23-25-13-6-14-26-23)15-19(21)16-27-20-9-5-12-24-22(20)17-7-3-2-4-8-17;;;/h2-4,6-8,10-11,13-15,20,22,24,27H,5,9,12,16H2,1H3;2*1H;1H2. The Bertz CT molecular complexity index is 901. The summed E-state index contributed by atoms with van der Waals surface area (Å²) >= 11 is 0. The lowest BCUT2D eigenvalue weighted by Crippen LogP contribution is -2.45. The molecule has 0 spiro atoms. The van der Waals surface area contributed by atoms with Crippen LogP contribution < -0.4 is 15.4 Å². The number of halogens is 2. The van der Waals surface area contributed by atoms with Crippen LogP contribution in [0.2, 0.25) is 0 Å². The number of methoxy groups -OCH3 is 1. The molecule has 0 saturated carbocycles. The largest absolute Gasteiger partial charge is 0.496 e. The fourth-order valence-corrected chi connectivity index (χ4v) is 3.86. The van der Waals surface area contributed by atoms with E-state index in [1.807, 2.05) is 18.2 Å². The number of rotatable bonds is 6. The van der Waals surface area contributed by atoms with Gasteiger partial charge < -0.3 is 20.8 Å². The summed E-state index contributed by atoms with van der Waals surface area (Å²) in [6.07, 6.45) is 5.86. The Morgan fingerprint density at radius 2 is 1.77 bits per heavy atom. The summed E-state index contributed by atoms with van der Waals surface area (Å²) in [5.74, 6) is 1.61. The first kappa shape index (κ1) is 26.8. The Labute approximate surface area is 196 Å². The highest BCUT2D eigenvalue weighted by atomic mass is 35.5. The average molecular weight is 465 g/mol. The van der Waals surface area contributed by atoms with Crippen LogP contribution in [0, 0.1) is 0 Å². The van der Waals surface area contributed by atoms with Gasteiger partial charge in [-0.3, -0.25) is 0 Å². The zero-order valence-electron chi connectivity index (χ0n) is 17.5. The molecule has 4 rings (SSSR count). The number of piperidine rings is 1. The van der Waals surface area contributed by atoms with E-state index in [0.717, 1.165) is 42.2 Å². The van der Waals surface area contributed by atoms with Crippen LogP contribution >= 0.6 is 24.8 Å². The van der Waals surface area contributed by atoms with Crippen molar-refractivity contribution in [3.63, 3.8) is 0 Å². The lowest BCUT2D eigenvalue weighted by atomic mass is 9.92. The summed E-state index contributed by atoms with van der Waals surface area (Å²) in [6, 6.07) is 19.3. The van der Waals surface area contributed by atoms with Crippen LogP contribution in [0.15, 0.2) is 67.0 Å². The molecule has 0 radical (unpaired) electrons. The summed E-state index contributed by atoms with van der Waals surface area (Å²) in [4.78, 5) is 8.73. The van der Waals surface area contributed by atoms with E-state index < -0.39 is 0 Å². The van der Waals surface area contributed by atoms with Gasteiger partial charge in [-0.2, -0.15) is 0 Å². The molecule has 4 N–H and O–H groups in total. The van der Waals surface area contributed by atoms with E-state index in [1.54, 1.807) is 19.5 Å². The van der Waals surface area contributed by atoms with Gasteiger partial charge in [-0.1, -0.05) is 30.3 Å². The monoisotopic (exact) mass is 464 g/mol. The van der Waals surface area contributed by atoms with Gasteiger partial charge in [-0.05, 0) is 49.2 Å². The molecule has 1 aromatic heterocycles. The minimum atomic E-state index is 0. The zero-order valence-corrected chi connectivity index (χ0v) is 19.1. The second-order valence-corrected chi connectivity index (χ2v) is 7.07. The smallest absolute Gasteiger partial charge is 0.159 e. The lowest BCUT2D eigenvalue weighted by Gasteiger charge is -2.34. The number of benzene rings is 2. The molecule has 2 heterocycles. The third-order valence-corrected chi connectivity index (χ3v) is 5.28. The van der Waals surface area contributed by atoms with Gasteiger partial charge in [0.2, 0.25) is 0 Å². The molecule has 6 nitrogen and oxygen atoms in total. The summed E-state index contributed by atoms with van der Waals surface area (Å²) < 4.78 is 5.59. The predicted octanol–water partition coefficient (Wildman–Crippen LogP) is 3.75. The van der Waals surface area contributed by atoms with Crippen LogP contribution in [0.4, 0.5) is 0 Å². The Kier molecular flexibility index (Phi) is 11.5. The molecule has 0 amide bonds. The Balaban J connectivity index is 0.00000160. The SMILES string of the molecule is COc1ccc(-c2ncccn2)cc1CNC1CCCNC1c1ccccc1.Cl.Cl.O. The second kappa shape index (κ2) is 13.2. The fraction of sp³-hybridized carbons (Fsp3) is 0.304. The topological polar surface area (TPSA) is 90.6 Å². The van der Waals surface area contributed by atoms with Crippen molar-refractivity contribution in [3.8, 4) is 17.1 Å². The van der Waals surface area contributed by atoms with Crippen molar-refractivity contribution in [3.05, 3.63) is 78.1 Å². The molecule has 8 heteroatoms. The summed E-state index contributed by atoms with van der Waals surface area (Å²) in [5, 5.41) is 7.43. The van der Waals surface area contributed by atoms with Crippen LogP contribution in [0.3, 0.4) is 0 Å². The number of hydrogen-bond donors (Lipinski definition) is 2. The van der Waals surface area contributed by atoms with E-state index in [2.05, 4.69) is 57.0 Å². The third-order valence-electron chi connectivity index (χ3n) is 5.28. The van der Waals surface area contributed by atoms with Crippen LogP contribution in [-0.2, 0) is 6.54 Å². The van der Waals surface area contributed by atoms with Crippen molar-refractivity contribution in [2.75, 3.05) is 13.7 Å². The van der Waals surface area contributed by atoms with Gasteiger partial charge in [0.15, 0.2) is 5.82 Å². The number of hydrogen-bond acceptors (Lipinski definition) is 5. The number of nitrogens with zero attached hydrogens (tertiary/aromatic N) is 2. The van der Waals surface area contributed by atoms with Crippen LogP contribution in [0.5, 0.6) is 5.75 Å². The Morgan fingerprint density at radius 3 is 2.48 bits per heavy atom. The normalized spacial score (nSPS) is 17.5. The van der Waals surface area contributed by atoms with Crippen LogP contribution in [0.1, 0.15) is 30.0 Å². The van der Waals surface area contributed by atoms with Gasteiger partial charge in [0, 0.05) is 42.1 Å². The van der Waals surface area contributed by atoms with Crippen molar-refractivity contribution < 1.29 is 10.2 Å². The van der Waals surface area contributed by atoms with Gasteiger partial charge in [-0.15, -0.1) is 24.8 Å². The van der Waals surface area contributed by atoms with Crippen molar-refractivity contribution in [1.29, 1.82) is 0 Å². The van der Waals surface area contributed by atoms with Crippen molar-refractivity contribution >= 4 is 24.8 Å². The molecule has 2 atom stereocenters.